The van der Waals surface area contributed by atoms with Gasteiger partial charge in [0.15, 0.2) is 0 Å². The number of hydrogen-bond donors (Lipinski definition) is 3. The van der Waals surface area contributed by atoms with Crippen LogP contribution < -0.4 is 16.2 Å². The molecule has 0 bridgehead atoms. The molecular weight excluding hydrogens is 256 g/mol. The van der Waals surface area contributed by atoms with Crippen LogP contribution >= 0.6 is 0 Å². The van der Waals surface area contributed by atoms with E-state index in [0.717, 1.165) is 5.75 Å². The Morgan fingerprint density at radius 3 is 2.28 bits per heavy atom. The lowest BCUT2D eigenvalue weighted by atomic mass is 10.3. The standard InChI is InChI=1S/C7H9NO.C4H11NO3S/c1-9-7-5-3-2-4-6(7)8;5-3-1-2-4-9(6,7)8/h2-5H,8H2,1H3;1-5H2,(H,6,7,8). The van der Waals surface area contributed by atoms with Crippen molar-refractivity contribution in [2.45, 2.75) is 12.8 Å². The average Bonchev–Trinajstić information content (AvgIpc) is 2.29. The first kappa shape index (κ1) is 16.7. The first-order valence-electron chi connectivity index (χ1n) is 5.44. The molecule has 5 N–H and O–H groups in total. The molecule has 0 unspecified atom stereocenters. The summed E-state index contributed by atoms with van der Waals surface area (Å²) in [5, 5.41) is 0. The lowest BCUT2D eigenvalue weighted by molar-refractivity contribution is 0.417. The van der Waals surface area contributed by atoms with Crippen LogP contribution in [0.3, 0.4) is 0 Å². The molecule has 0 aliphatic heterocycles. The maximum Gasteiger partial charge on any atom is 0.264 e. The average molecular weight is 276 g/mol. The highest BCUT2D eigenvalue weighted by Gasteiger charge is 2.01. The number of benzene rings is 1. The highest BCUT2D eigenvalue weighted by Crippen LogP contribution is 2.18. The number of methoxy groups -OCH3 is 1. The number of ether oxygens (including phenoxy) is 1. The van der Waals surface area contributed by atoms with Crippen LogP contribution in [0.4, 0.5) is 5.69 Å². The van der Waals surface area contributed by atoms with E-state index < -0.39 is 10.1 Å². The van der Waals surface area contributed by atoms with E-state index >= 15 is 0 Å². The number of para-hydroxylation sites is 2. The fourth-order valence-electron chi connectivity index (χ4n) is 1.10. The van der Waals surface area contributed by atoms with E-state index in [2.05, 4.69) is 0 Å². The van der Waals surface area contributed by atoms with Crippen LogP contribution in [0.2, 0.25) is 0 Å². The van der Waals surface area contributed by atoms with Crippen LogP contribution in [-0.2, 0) is 10.1 Å². The molecule has 0 aliphatic rings. The number of anilines is 1. The zero-order valence-electron chi connectivity index (χ0n) is 10.4. The zero-order valence-corrected chi connectivity index (χ0v) is 11.2. The van der Waals surface area contributed by atoms with Crippen LogP contribution in [0.5, 0.6) is 5.75 Å². The van der Waals surface area contributed by atoms with E-state index in [4.69, 9.17) is 20.8 Å². The normalized spacial score (nSPS) is 10.4. The maximum atomic E-state index is 10.0. The van der Waals surface area contributed by atoms with Crippen LogP contribution in [0, 0.1) is 0 Å². The molecule has 1 aromatic carbocycles. The molecule has 0 saturated heterocycles. The van der Waals surface area contributed by atoms with Gasteiger partial charge in [-0.1, -0.05) is 12.1 Å². The quantitative estimate of drug-likeness (QED) is 0.418. The van der Waals surface area contributed by atoms with Crippen LogP contribution in [0.25, 0.3) is 0 Å². The topological polar surface area (TPSA) is 116 Å². The van der Waals surface area contributed by atoms with E-state index in [0.29, 0.717) is 25.1 Å². The van der Waals surface area contributed by atoms with Gasteiger partial charge in [-0.15, -0.1) is 0 Å². The first-order chi connectivity index (χ1) is 8.40. The Kier molecular flexibility index (Phi) is 8.10. The van der Waals surface area contributed by atoms with Crippen LogP contribution in [-0.4, -0.2) is 32.4 Å². The smallest absolute Gasteiger partial charge is 0.264 e. The van der Waals surface area contributed by atoms with Gasteiger partial charge in [-0.3, -0.25) is 4.55 Å². The van der Waals surface area contributed by atoms with Gasteiger partial charge >= 0.3 is 0 Å². The zero-order chi connectivity index (χ0) is 14.0. The molecule has 0 aromatic heterocycles. The van der Waals surface area contributed by atoms with Crippen molar-refractivity contribution in [2.75, 3.05) is 25.1 Å². The van der Waals surface area contributed by atoms with Crippen molar-refractivity contribution in [1.82, 2.24) is 0 Å². The summed E-state index contributed by atoms with van der Waals surface area (Å²) in [5.41, 5.74) is 11.3. The minimum atomic E-state index is -3.75. The second kappa shape index (κ2) is 8.73. The van der Waals surface area contributed by atoms with Gasteiger partial charge in [0.25, 0.3) is 10.1 Å². The third kappa shape index (κ3) is 8.80. The Bertz CT molecular complexity index is 434. The molecule has 0 fully saturated rings. The molecule has 0 atom stereocenters. The predicted molar refractivity (Wildman–Crippen MR) is 72.1 cm³/mol. The third-order valence-corrected chi connectivity index (χ3v) is 2.80. The lowest BCUT2D eigenvalue weighted by Gasteiger charge is -2.00. The Labute approximate surface area is 108 Å². The van der Waals surface area contributed by atoms with Crippen molar-refractivity contribution < 1.29 is 17.7 Å². The van der Waals surface area contributed by atoms with E-state index in [1.807, 2.05) is 18.2 Å². The highest BCUT2D eigenvalue weighted by molar-refractivity contribution is 7.85. The Morgan fingerprint density at radius 2 is 1.89 bits per heavy atom. The van der Waals surface area contributed by atoms with Gasteiger partial charge in [-0.25, -0.2) is 0 Å². The van der Waals surface area contributed by atoms with Crippen LogP contribution in [0.15, 0.2) is 24.3 Å². The minimum absolute atomic E-state index is 0.176. The molecule has 104 valence electrons. The monoisotopic (exact) mass is 276 g/mol. The van der Waals surface area contributed by atoms with Gasteiger partial charge in [-0.2, -0.15) is 8.42 Å². The van der Waals surface area contributed by atoms with Crippen molar-refractivity contribution in [3.05, 3.63) is 24.3 Å². The Morgan fingerprint density at radius 1 is 1.28 bits per heavy atom. The molecule has 6 nitrogen and oxygen atoms in total. The number of nitrogen functional groups attached to an aromatic ring is 1. The van der Waals surface area contributed by atoms with Gasteiger partial charge < -0.3 is 16.2 Å². The molecular formula is C11H20N2O4S. The molecule has 0 radical (unpaired) electrons. The van der Waals surface area contributed by atoms with Crippen LogP contribution in [0.1, 0.15) is 12.8 Å². The minimum Gasteiger partial charge on any atom is -0.495 e. The maximum absolute atomic E-state index is 10.0. The number of rotatable bonds is 5. The molecule has 1 rings (SSSR count). The molecule has 7 heteroatoms. The summed E-state index contributed by atoms with van der Waals surface area (Å²) in [6.07, 6.45) is 1.08. The Balaban J connectivity index is 0.000000321. The fraction of sp³-hybridized carbons (Fsp3) is 0.455. The second-order valence-corrected chi connectivity index (χ2v) is 5.10. The van der Waals surface area contributed by atoms with Crippen molar-refractivity contribution in [1.29, 1.82) is 0 Å². The SMILES string of the molecule is COc1ccccc1N.NCCCCS(=O)(=O)O. The molecule has 0 spiro atoms. The molecule has 0 amide bonds. The molecule has 0 aliphatic carbocycles. The highest BCUT2D eigenvalue weighted by atomic mass is 32.2. The van der Waals surface area contributed by atoms with Gasteiger partial charge in [-0.05, 0) is 31.5 Å². The summed E-state index contributed by atoms with van der Waals surface area (Å²) in [6, 6.07) is 7.39. The molecule has 1 aromatic rings. The van der Waals surface area contributed by atoms with Gasteiger partial charge in [0.1, 0.15) is 5.75 Å². The van der Waals surface area contributed by atoms with E-state index in [9.17, 15) is 8.42 Å². The molecule has 0 heterocycles. The number of hydrogen-bond acceptors (Lipinski definition) is 5. The second-order valence-electron chi connectivity index (χ2n) is 3.52. The summed E-state index contributed by atoms with van der Waals surface area (Å²) in [4.78, 5) is 0. The summed E-state index contributed by atoms with van der Waals surface area (Å²) in [7, 11) is -2.15. The van der Waals surface area contributed by atoms with E-state index in [1.165, 1.54) is 0 Å². The first-order valence-corrected chi connectivity index (χ1v) is 7.05. The molecule has 0 saturated carbocycles. The summed E-state index contributed by atoms with van der Waals surface area (Å²) < 4.78 is 33.1. The van der Waals surface area contributed by atoms with Crippen molar-refractivity contribution in [2.24, 2.45) is 5.73 Å². The van der Waals surface area contributed by atoms with Gasteiger partial charge in [0.05, 0.1) is 18.6 Å². The van der Waals surface area contributed by atoms with E-state index in [1.54, 1.807) is 13.2 Å². The largest absolute Gasteiger partial charge is 0.495 e. The van der Waals surface area contributed by atoms with Gasteiger partial charge in [0, 0.05) is 0 Å². The number of nitrogens with two attached hydrogens (primary N) is 2. The predicted octanol–water partition coefficient (Wildman–Crippen LogP) is 0.891. The molecule has 18 heavy (non-hydrogen) atoms. The number of unbranched alkanes of at least 4 members (excludes halogenated alkanes) is 1. The van der Waals surface area contributed by atoms with Crippen molar-refractivity contribution >= 4 is 15.8 Å². The third-order valence-electron chi connectivity index (χ3n) is 2.00. The fourth-order valence-corrected chi connectivity index (χ4v) is 1.66. The lowest BCUT2D eigenvalue weighted by Crippen LogP contribution is -2.06. The Hall–Kier alpha value is -1.31. The van der Waals surface area contributed by atoms with Crippen molar-refractivity contribution in [3.8, 4) is 5.75 Å². The summed E-state index contributed by atoms with van der Waals surface area (Å²) in [5.74, 6) is 0.557. The van der Waals surface area contributed by atoms with Crippen molar-refractivity contribution in [3.63, 3.8) is 0 Å². The summed E-state index contributed by atoms with van der Waals surface area (Å²) in [6.45, 7) is 0.468. The van der Waals surface area contributed by atoms with Gasteiger partial charge in [0.2, 0.25) is 0 Å². The summed E-state index contributed by atoms with van der Waals surface area (Å²) >= 11 is 0. The van der Waals surface area contributed by atoms with E-state index in [-0.39, 0.29) is 5.75 Å².